The lowest BCUT2D eigenvalue weighted by Gasteiger charge is -2.06. The Labute approximate surface area is 49.0 Å². The summed E-state index contributed by atoms with van der Waals surface area (Å²) < 4.78 is 5.34. The van der Waals surface area contributed by atoms with Crippen LogP contribution in [0, 0.1) is 5.92 Å². The Morgan fingerprint density at radius 1 is 1.50 bits per heavy atom. The van der Waals surface area contributed by atoms with Gasteiger partial charge in [0, 0.05) is 18.6 Å². The molecule has 0 spiro atoms. The largest absolute Gasteiger partial charge is 0.376 e. The Bertz CT molecular complexity index is 92.7. The first-order chi connectivity index (χ1) is 3.89. The van der Waals surface area contributed by atoms with E-state index in [0.717, 1.165) is 12.5 Å². The number of fused-ring (bicyclic) bond motifs is 1. The summed E-state index contributed by atoms with van der Waals surface area (Å²) >= 11 is 0. The van der Waals surface area contributed by atoms with Crippen molar-refractivity contribution in [2.45, 2.75) is 25.0 Å². The van der Waals surface area contributed by atoms with Gasteiger partial charge in [-0.25, -0.2) is 0 Å². The third kappa shape index (κ3) is 0.501. The zero-order valence-electron chi connectivity index (χ0n) is 4.84. The molecule has 1 heterocycles. The highest BCUT2D eigenvalue weighted by molar-refractivity contribution is 5.04. The van der Waals surface area contributed by atoms with Gasteiger partial charge in [0.1, 0.15) is 0 Å². The van der Waals surface area contributed by atoms with Crippen molar-refractivity contribution >= 4 is 0 Å². The summed E-state index contributed by atoms with van der Waals surface area (Å²) in [7, 11) is 0. The lowest BCUT2D eigenvalue weighted by molar-refractivity contribution is 0.0783. The Balaban J connectivity index is 1.97. The minimum absolute atomic E-state index is 0.387. The third-order valence-corrected chi connectivity index (χ3v) is 2.15. The van der Waals surface area contributed by atoms with Crippen LogP contribution in [0.15, 0.2) is 0 Å². The third-order valence-electron chi connectivity index (χ3n) is 2.15. The molecular weight excluding hydrogens is 102 g/mol. The Kier molecular flexibility index (Phi) is 0.866. The minimum Gasteiger partial charge on any atom is -0.376 e. The average Bonchev–Trinajstić information content (AvgIpc) is 2.46. The molecule has 8 heavy (non-hydrogen) atoms. The van der Waals surface area contributed by atoms with E-state index in [1.807, 2.05) is 0 Å². The van der Waals surface area contributed by atoms with Gasteiger partial charge in [0.15, 0.2) is 0 Å². The van der Waals surface area contributed by atoms with Crippen molar-refractivity contribution in [3.05, 3.63) is 0 Å². The highest BCUT2D eigenvalue weighted by Gasteiger charge is 2.49. The number of ether oxygens (including phenoxy) is 1. The fourth-order valence-electron chi connectivity index (χ4n) is 1.50. The quantitative estimate of drug-likeness (QED) is 0.484. The molecule has 0 amide bonds. The molecule has 2 aliphatic rings. The van der Waals surface area contributed by atoms with Gasteiger partial charge >= 0.3 is 0 Å². The fourth-order valence-corrected chi connectivity index (χ4v) is 1.50. The van der Waals surface area contributed by atoms with Gasteiger partial charge < -0.3 is 10.5 Å². The molecule has 1 saturated heterocycles. The van der Waals surface area contributed by atoms with E-state index in [0.29, 0.717) is 12.1 Å². The van der Waals surface area contributed by atoms with Gasteiger partial charge in [-0.05, 0) is 12.8 Å². The Morgan fingerprint density at radius 2 is 2.38 bits per heavy atom. The highest BCUT2D eigenvalue weighted by atomic mass is 16.5. The molecule has 2 rings (SSSR count). The summed E-state index contributed by atoms with van der Waals surface area (Å²) in [6, 6.07) is 0.387. The number of hydrogen-bond donors (Lipinski definition) is 1. The van der Waals surface area contributed by atoms with Gasteiger partial charge in [0.25, 0.3) is 0 Å². The van der Waals surface area contributed by atoms with Gasteiger partial charge in [0.2, 0.25) is 0 Å². The maximum atomic E-state index is 5.65. The number of nitrogens with two attached hydrogens (primary N) is 1. The predicted molar refractivity (Wildman–Crippen MR) is 30.4 cm³/mol. The van der Waals surface area contributed by atoms with Crippen LogP contribution in [0.3, 0.4) is 0 Å². The van der Waals surface area contributed by atoms with Crippen molar-refractivity contribution in [3.8, 4) is 0 Å². The lowest BCUT2D eigenvalue weighted by Crippen LogP contribution is -2.08. The first kappa shape index (κ1) is 4.77. The van der Waals surface area contributed by atoms with Crippen molar-refractivity contribution < 1.29 is 4.74 Å². The molecule has 1 aliphatic carbocycles. The van der Waals surface area contributed by atoms with E-state index < -0.39 is 0 Å². The monoisotopic (exact) mass is 113 g/mol. The fraction of sp³-hybridized carbons (Fsp3) is 1.00. The molecule has 1 saturated carbocycles. The Morgan fingerprint density at radius 3 is 2.88 bits per heavy atom. The van der Waals surface area contributed by atoms with E-state index in [2.05, 4.69) is 0 Å². The summed E-state index contributed by atoms with van der Waals surface area (Å²) in [5, 5.41) is 0. The van der Waals surface area contributed by atoms with Gasteiger partial charge in [-0.2, -0.15) is 0 Å². The average molecular weight is 113 g/mol. The topological polar surface area (TPSA) is 35.2 Å². The van der Waals surface area contributed by atoms with E-state index in [9.17, 15) is 0 Å². The maximum absolute atomic E-state index is 5.65. The molecule has 0 radical (unpaired) electrons. The SMILES string of the molecule is NC1C2CCCOC12. The summed E-state index contributed by atoms with van der Waals surface area (Å²) in [5.74, 6) is 0.726. The van der Waals surface area contributed by atoms with Crippen LogP contribution in [0.1, 0.15) is 12.8 Å². The van der Waals surface area contributed by atoms with Crippen LogP contribution in [0.5, 0.6) is 0 Å². The standard InChI is InChI=1S/C6H11NO/c7-5-4-2-1-3-8-6(4)5/h4-6H,1-3,7H2. The molecule has 0 aromatic rings. The number of rotatable bonds is 0. The molecule has 2 N–H and O–H groups in total. The maximum Gasteiger partial charge on any atom is 0.0773 e. The second kappa shape index (κ2) is 1.45. The molecule has 2 heteroatoms. The Hall–Kier alpha value is -0.0800. The molecule has 46 valence electrons. The van der Waals surface area contributed by atoms with Crippen LogP contribution in [0.25, 0.3) is 0 Å². The van der Waals surface area contributed by atoms with E-state index in [1.54, 1.807) is 0 Å². The predicted octanol–water partition coefficient (Wildman–Crippen LogP) is 0.122. The van der Waals surface area contributed by atoms with Crippen LogP contribution in [0.2, 0.25) is 0 Å². The summed E-state index contributed by atoms with van der Waals surface area (Å²) in [5.41, 5.74) is 5.65. The molecule has 0 aromatic heterocycles. The zero-order valence-corrected chi connectivity index (χ0v) is 4.84. The minimum atomic E-state index is 0.387. The van der Waals surface area contributed by atoms with Crippen LogP contribution >= 0.6 is 0 Å². The summed E-state index contributed by atoms with van der Waals surface area (Å²) in [6.45, 7) is 0.939. The normalized spacial score (nSPS) is 52.9. The molecule has 2 nitrogen and oxygen atoms in total. The molecular formula is C6H11NO. The van der Waals surface area contributed by atoms with Crippen molar-refractivity contribution in [1.82, 2.24) is 0 Å². The smallest absolute Gasteiger partial charge is 0.0773 e. The summed E-state index contributed by atoms with van der Waals surface area (Å²) in [6.07, 6.45) is 2.96. The van der Waals surface area contributed by atoms with E-state index >= 15 is 0 Å². The van der Waals surface area contributed by atoms with E-state index in [4.69, 9.17) is 10.5 Å². The first-order valence-corrected chi connectivity index (χ1v) is 3.27. The molecule has 0 bridgehead atoms. The molecule has 0 aromatic carbocycles. The highest BCUT2D eigenvalue weighted by Crippen LogP contribution is 2.39. The molecule has 2 fully saturated rings. The van der Waals surface area contributed by atoms with Crippen LogP contribution in [-0.4, -0.2) is 18.8 Å². The second-order valence-electron chi connectivity index (χ2n) is 2.72. The van der Waals surface area contributed by atoms with Crippen molar-refractivity contribution in [3.63, 3.8) is 0 Å². The molecule has 1 aliphatic heterocycles. The van der Waals surface area contributed by atoms with Crippen LogP contribution < -0.4 is 5.73 Å². The lowest BCUT2D eigenvalue weighted by atomic mass is 10.2. The van der Waals surface area contributed by atoms with Gasteiger partial charge in [-0.3, -0.25) is 0 Å². The molecule has 3 unspecified atom stereocenters. The molecule has 3 atom stereocenters. The van der Waals surface area contributed by atoms with E-state index in [-0.39, 0.29) is 0 Å². The van der Waals surface area contributed by atoms with Gasteiger partial charge in [-0.1, -0.05) is 0 Å². The van der Waals surface area contributed by atoms with Crippen LogP contribution in [0.4, 0.5) is 0 Å². The van der Waals surface area contributed by atoms with Crippen molar-refractivity contribution in [1.29, 1.82) is 0 Å². The van der Waals surface area contributed by atoms with Gasteiger partial charge in [-0.15, -0.1) is 0 Å². The van der Waals surface area contributed by atoms with Crippen LogP contribution in [-0.2, 0) is 4.74 Å². The second-order valence-corrected chi connectivity index (χ2v) is 2.72. The van der Waals surface area contributed by atoms with Gasteiger partial charge in [0.05, 0.1) is 6.10 Å². The first-order valence-electron chi connectivity index (χ1n) is 3.27. The van der Waals surface area contributed by atoms with Crippen molar-refractivity contribution in [2.24, 2.45) is 11.7 Å². The summed E-state index contributed by atoms with van der Waals surface area (Å²) in [4.78, 5) is 0. The van der Waals surface area contributed by atoms with Crippen molar-refractivity contribution in [2.75, 3.05) is 6.61 Å². The number of hydrogen-bond acceptors (Lipinski definition) is 2. The van der Waals surface area contributed by atoms with E-state index in [1.165, 1.54) is 12.8 Å². The zero-order chi connectivity index (χ0) is 5.56.